The van der Waals surface area contributed by atoms with E-state index < -0.39 is 11.2 Å². The molecular weight excluding hydrogens is 184 g/mol. The van der Waals surface area contributed by atoms with Gasteiger partial charge in [0.25, 0.3) is 5.56 Å². The predicted molar refractivity (Wildman–Crippen MR) is 53.5 cm³/mol. The highest BCUT2D eigenvalue weighted by atomic mass is 16.2. The van der Waals surface area contributed by atoms with E-state index in [0.29, 0.717) is 0 Å². The molecular formula is C8H14N4O2. The lowest BCUT2D eigenvalue weighted by Crippen LogP contribution is -2.36. The summed E-state index contributed by atoms with van der Waals surface area (Å²) in [4.78, 5) is 24.0. The molecule has 1 aromatic heterocycles. The second kappa shape index (κ2) is 3.65. The SMILES string of the molecule is CCC(C)(C)Nc1n[nH]c(=O)[nH]c1=O. The lowest BCUT2D eigenvalue weighted by atomic mass is 10.0. The van der Waals surface area contributed by atoms with Gasteiger partial charge in [-0.05, 0) is 20.3 Å². The van der Waals surface area contributed by atoms with E-state index in [2.05, 4.69) is 20.5 Å². The fourth-order valence-corrected chi connectivity index (χ4v) is 0.841. The van der Waals surface area contributed by atoms with Crippen LogP contribution in [-0.4, -0.2) is 20.7 Å². The van der Waals surface area contributed by atoms with Crippen molar-refractivity contribution in [1.29, 1.82) is 0 Å². The molecule has 0 fully saturated rings. The van der Waals surface area contributed by atoms with Gasteiger partial charge in [0.15, 0.2) is 0 Å². The van der Waals surface area contributed by atoms with Gasteiger partial charge in [-0.3, -0.25) is 9.78 Å². The molecule has 0 saturated heterocycles. The van der Waals surface area contributed by atoms with Crippen molar-refractivity contribution >= 4 is 5.82 Å². The van der Waals surface area contributed by atoms with Crippen LogP contribution in [0.3, 0.4) is 0 Å². The summed E-state index contributed by atoms with van der Waals surface area (Å²) in [5, 5.41) is 8.72. The van der Waals surface area contributed by atoms with E-state index in [9.17, 15) is 9.59 Å². The average Bonchev–Trinajstić information content (AvgIpc) is 2.10. The van der Waals surface area contributed by atoms with Crippen LogP contribution in [0, 0.1) is 0 Å². The lowest BCUT2D eigenvalue weighted by Gasteiger charge is -2.23. The molecule has 0 aliphatic carbocycles. The highest BCUT2D eigenvalue weighted by Gasteiger charge is 2.16. The minimum absolute atomic E-state index is 0.136. The van der Waals surface area contributed by atoms with E-state index in [-0.39, 0.29) is 11.4 Å². The Morgan fingerprint density at radius 3 is 2.57 bits per heavy atom. The first-order valence-electron chi connectivity index (χ1n) is 4.42. The van der Waals surface area contributed by atoms with Gasteiger partial charge in [0.2, 0.25) is 5.82 Å². The van der Waals surface area contributed by atoms with Crippen molar-refractivity contribution < 1.29 is 0 Å². The Bertz CT molecular complexity index is 418. The maximum absolute atomic E-state index is 11.2. The first-order valence-corrected chi connectivity index (χ1v) is 4.42. The molecule has 1 rings (SSSR count). The molecule has 78 valence electrons. The monoisotopic (exact) mass is 198 g/mol. The number of rotatable bonds is 3. The zero-order chi connectivity index (χ0) is 10.8. The standard InChI is InChI=1S/C8H14N4O2/c1-4-8(2,3)10-5-6(13)9-7(14)12-11-5/h4H2,1-3H3,(H,10,11)(H2,9,12,13,14). The number of H-pyrrole nitrogens is 2. The third-order valence-electron chi connectivity index (χ3n) is 2.05. The number of anilines is 1. The van der Waals surface area contributed by atoms with Crippen molar-refractivity contribution in [3.8, 4) is 0 Å². The van der Waals surface area contributed by atoms with Gasteiger partial charge in [-0.15, -0.1) is 5.10 Å². The van der Waals surface area contributed by atoms with Crippen LogP contribution in [0.15, 0.2) is 9.59 Å². The first-order chi connectivity index (χ1) is 6.44. The lowest BCUT2D eigenvalue weighted by molar-refractivity contribution is 0.541. The second-order valence-corrected chi connectivity index (χ2v) is 3.72. The van der Waals surface area contributed by atoms with E-state index in [1.807, 2.05) is 20.8 Å². The molecule has 6 heteroatoms. The van der Waals surface area contributed by atoms with Gasteiger partial charge in [0, 0.05) is 5.54 Å². The van der Waals surface area contributed by atoms with Crippen molar-refractivity contribution in [2.45, 2.75) is 32.7 Å². The molecule has 0 radical (unpaired) electrons. The molecule has 0 bridgehead atoms. The van der Waals surface area contributed by atoms with Gasteiger partial charge in [-0.25, -0.2) is 9.89 Å². The molecule has 0 aliphatic rings. The molecule has 0 atom stereocenters. The van der Waals surface area contributed by atoms with Crippen molar-refractivity contribution in [1.82, 2.24) is 15.2 Å². The summed E-state index contributed by atoms with van der Waals surface area (Å²) in [6.45, 7) is 5.88. The summed E-state index contributed by atoms with van der Waals surface area (Å²) in [6, 6.07) is 0. The smallest absolute Gasteiger partial charge is 0.342 e. The second-order valence-electron chi connectivity index (χ2n) is 3.72. The highest BCUT2D eigenvalue weighted by molar-refractivity contribution is 5.32. The van der Waals surface area contributed by atoms with Crippen LogP contribution >= 0.6 is 0 Å². The third-order valence-corrected chi connectivity index (χ3v) is 2.05. The first kappa shape index (κ1) is 10.5. The molecule has 0 saturated carbocycles. The summed E-state index contributed by atoms with van der Waals surface area (Å²) >= 11 is 0. The fraction of sp³-hybridized carbons (Fsp3) is 0.625. The van der Waals surface area contributed by atoms with Gasteiger partial charge in [0.05, 0.1) is 0 Å². The van der Waals surface area contributed by atoms with Crippen LogP contribution in [0.4, 0.5) is 5.82 Å². The van der Waals surface area contributed by atoms with Crippen LogP contribution in [0.25, 0.3) is 0 Å². The van der Waals surface area contributed by atoms with Gasteiger partial charge in [-0.1, -0.05) is 6.92 Å². The number of hydrogen-bond acceptors (Lipinski definition) is 4. The molecule has 0 aromatic carbocycles. The van der Waals surface area contributed by atoms with Gasteiger partial charge >= 0.3 is 5.69 Å². The highest BCUT2D eigenvalue weighted by Crippen LogP contribution is 2.11. The Morgan fingerprint density at radius 1 is 1.43 bits per heavy atom. The van der Waals surface area contributed by atoms with E-state index in [1.54, 1.807) is 0 Å². The van der Waals surface area contributed by atoms with Crippen LogP contribution in [-0.2, 0) is 0 Å². The van der Waals surface area contributed by atoms with E-state index in [4.69, 9.17) is 0 Å². The maximum Gasteiger partial charge on any atom is 0.342 e. The minimum Gasteiger partial charge on any atom is -0.359 e. The zero-order valence-corrected chi connectivity index (χ0v) is 8.47. The summed E-state index contributed by atoms with van der Waals surface area (Å²) < 4.78 is 0. The number of aromatic nitrogens is 3. The van der Waals surface area contributed by atoms with Crippen LogP contribution < -0.4 is 16.6 Å². The molecule has 1 heterocycles. The Labute approximate surface area is 80.8 Å². The number of hydrogen-bond donors (Lipinski definition) is 3. The summed E-state index contributed by atoms with van der Waals surface area (Å²) in [5.74, 6) is 0.136. The Morgan fingerprint density at radius 2 is 2.07 bits per heavy atom. The molecule has 0 amide bonds. The van der Waals surface area contributed by atoms with E-state index in [1.165, 1.54) is 0 Å². The Balaban J connectivity index is 2.99. The van der Waals surface area contributed by atoms with Gasteiger partial charge in [0.1, 0.15) is 0 Å². The largest absolute Gasteiger partial charge is 0.359 e. The van der Waals surface area contributed by atoms with Crippen molar-refractivity contribution in [2.24, 2.45) is 0 Å². The van der Waals surface area contributed by atoms with Crippen LogP contribution in [0.2, 0.25) is 0 Å². The Kier molecular flexibility index (Phi) is 2.73. The summed E-state index contributed by atoms with van der Waals surface area (Å²) in [7, 11) is 0. The quantitative estimate of drug-likeness (QED) is 0.640. The van der Waals surface area contributed by atoms with E-state index in [0.717, 1.165) is 6.42 Å². The molecule has 0 unspecified atom stereocenters. The predicted octanol–water partition coefficient (Wildman–Crippen LogP) is 0.0587. The number of aromatic amines is 2. The van der Waals surface area contributed by atoms with Gasteiger partial charge in [-0.2, -0.15) is 0 Å². The molecule has 0 aliphatic heterocycles. The average molecular weight is 198 g/mol. The van der Waals surface area contributed by atoms with Crippen molar-refractivity contribution in [3.63, 3.8) is 0 Å². The molecule has 6 nitrogen and oxygen atoms in total. The maximum atomic E-state index is 11.2. The van der Waals surface area contributed by atoms with Crippen molar-refractivity contribution in [2.75, 3.05) is 5.32 Å². The van der Waals surface area contributed by atoms with Crippen LogP contribution in [0.1, 0.15) is 27.2 Å². The topological polar surface area (TPSA) is 90.6 Å². The van der Waals surface area contributed by atoms with E-state index >= 15 is 0 Å². The molecule has 1 aromatic rings. The fourth-order valence-electron chi connectivity index (χ4n) is 0.841. The molecule has 14 heavy (non-hydrogen) atoms. The number of nitrogens with zero attached hydrogens (tertiary/aromatic N) is 1. The molecule has 0 spiro atoms. The van der Waals surface area contributed by atoms with Gasteiger partial charge < -0.3 is 5.32 Å². The molecule has 3 N–H and O–H groups in total. The van der Waals surface area contributed by atoms with Crippen LogP contribution in [0.5, 0.6) is 0 Å². The summed E-state index contributed by atoms with van der Waals surface area (Å²) in [5.41, 5.74) is -1.33. The number of nitrogens with one attached hydrogen (secondary N) is 3. The Hall–Kier alpha value is -1.59. The third kappa shape index (κ3) is 2.45. The zero-order valence-electron chi connectivity index (χ0n) is 8.47. The minimum atomic E-state index is -0.602. The van der Waals surface area contributed by atoms with Crippen molar-refractivity contribution in [3.05, 3.63) is 20.8 Å². The normalized spacial score (nSPS) is 11.4. The summed E-state index contributed by atoms with van der Waals surface area (Å²) in [6.07, 6.45) is 0.841.